The third-order valence-electron chi connectivity index (χ3n) is 6.66. The Hall–Kier alpha value is -0.790. The van der Waals surface area contributed by atoms with Gasteiger partial charge in [0.15, 0.2) is 0 Å². The lowest BCUT2D eigenvalue weighted by atomic mass is 9.92. The van der Waals surface area contributed by atoms with Crippen LogP contribution < -0.4 is 15.5 Å². The summed E-state index contributed by atoms with van der Waals surface area (Å²) in [6.45, 7) is 4.21. The van der Waals surface area contributed by atoms with Crippen LogP contribution >= 0.6 is 37.2 Å². The number of pyridine rings is 1. The molecule has 3 heterocycles. The van der Waals surface area contributed by atoms with E-state index in [2.05, 4.69) is 45.6 Å². The van der Waals surface area contributed by atoms with Crippen LogP contribution in [0, 0.1) is 11.3 Å². The van der Waals surface area contributed by atoms with Crippen molar-refractivity contribution < 1.29 is 4.79 Å². The zero-order valence-corrected chi connectivity index (χ0v) is 19.7. The first-order valence-corrected chi connectivity index (χ1v) is 9.96. The van der Waals surface area contributed by atoms with Crippen molar-refractivity contribution in [1.82, 2.24) is 15.2 Å². The molecule has 1 amide bonds. The molecular formula is C20H34Cl3N5O. The third-order valence-corrected chi connectivity index (χ3v) is 6.66. The summed E-state index contributed by atoms with van der Waals surface area (Å²) >= 11 is 0. The van der Waals surface area contributed by atoms with Gasteiger partial charge in [-0.3, -0.25) is 4.79 Å². The molecule has 0 aromatic carbocycles. The van der Waals surface area contributed by atoms with Crippen molar-refractivity contribution in [3.63, 3.8) is 0 Å². The van der Waals surface area contributed by atoms with E-state index in [0.717, 1.165) is 51.1 Å². The first kappa shape index (κ1) is 26.2. The summed E-state index contributed by atoms with van der Waals surface area (Å²) in [5, 5.41) is 6.42. The molecule has 0 radical (unpaired) electrons. The molecule has 3 aliphatic rings. The number of nitrogens with one attached hydrogen (secondary N) is 2. The molecule has 1 aromatic rings. The third kappa shape index (κ3) is 5.88. The molecule has 6 nitrogen and oxygen atoms in total. The lowest BCUT2D eigenvalue weighted by Crippen LogP contribution is -2.42. The van der Waals surface area contributed by atoms with Gasteiger partial charge in [0.1, 0.15) is 5.82 Å². The average Bonchev–Trinajstić information content (AvgIpc) is 3.36. The molecule has 1 aromatic heterocycles. The van der Waals surface area contributed by atoms with E-state index >= 15 is 0 Å². The first-order valence-electron chi connectivity index (χ1n) is 9.96. The Balaban J connectivity index is 0.00000140. The number of rotatable bonds is 4. The fourth-order valence-corrected chi connectivity index (χ4v) is 4.70. The van der Waals surface area contributed by atoms with Gasteiger partial charge in [-0.1, -0.05) is 0 Å². The van der Waals surface area contributed by atoms with Gasteiger partial charge in [0.05, 0.1) is 11.9 Å². The van der Waals surface area contributed by atoms with Crippen molar-refractivity contribution in [3.05, 3.63) is 18.3 Å². The highest BCUT2D eigenvalue weighted by atomic mass is 35.5. The quantitative estimate of drug-likeness (QED) is 0.713. The van der Waals surface area contributed by atoms with Gasteiger partial charge >= 0.3 is 0 Å². The molecule has 2 aliphatic heterocycles. The van der Waals surface area contributed by atoms with E-state index in [1.807, 2.05) is 12.3 Å². The molecule has 166 valence electrons. The number of carbonyl (C=O) groups is 1. The number of anilines is 2. The molecule has 1 saturated carbocycles. The minimum Gasteiger partial charge on any atom is -0.370 e. The maximum atomic E-state index is 12.5. The summed E-state index contributed by atoms with van der Waals surface area (Å²) in [7, 11) is 4.32. The van der Waals surface area contributed by atoms with E-state index in [0.29, 0.717) is 11.9 Å². The second kappa shape index (κ2) is 11.0. The molecule has 2 saturated heterocycles. The molecule has 1 aliphatic carbocycles. The molecule has 1 atom stereocenters. The predicted octanol–water partition coefficient (Wildman–Crippen LogP) is 3.21. The van der Waals surface area contributed by atoms with E-state index in [1.54, 1.807) is 0 Å². The zero-order valence-electron chi connectivity index (χ0n) is 17.2. The molecule has 0 bridgehead atoms. The Bertz CT molecular complexity index is 644. The molecular weight excluding hydrogens is 433 g/mol. The van der Waals surface area contributed by atoms with Gasteiger partial charge in [-0.25, -0.2) is 4.98 Å². The largest absolute Gasteiger partial charge is 0.370 e. The normalized spacial score (nSPS) is 22.9. The van der Waals surface area contributed by atoms with Crippen LogP contribution in [0.3, 0.4) is 0 Å². The van der Waals surface area contributed by atoms with Gasteiger partial charge in [0.2, 0.25) is 5.91 Å². The zero-order chi connectivity index (χ0) is 18.1. The topological polar surface area (TPSA) is 60.5 Å². The Morgan fingerprint density at radius 2 is 1.83 bits per heavy atom. The number of hydrogen-bond donors (Lipinski definition) is 2. The molecule has 4 rings (SSSR count). The highest BCUT2D eigenvalue weighted by Crippen LogP contribution is 2.58. The summed E-state index contributed by atoms with van der Waals surface area (Å²) < 4.78 is 0. The molecule has 29 heavy (non-hydrogen) atoms. The molecule has 3 fully saturated rings. The number of piperidine rings is 2. The van der Waals surface area contributed by atoms with Gasteiger partial charge in [0.25, 0.3) is 0 Å². The van der Waals surface area contributed by atoms with Gasteiger partial charge < -0.3 is 20.4 Å². The van der Waals surface area contributed by atoms with Crippen LogP contribution in [0.25, 0.3) is 0 Å². The van der Waals surface area contributed by atoms with Crippen LogP contribution in [-0.2, 0) is 4.79 Å². The number of carbonyl (C=O) groups excluding carboxylic acids is 1. The van der Waals surface area contributed by atoms with Crippen LogP contribution in [-0.4, -0.2) is 62.1 Å². The Morgan fingerprint density at radius 3 is 2.38 bits per heavy atom. The van der Waals surface area contributed by atoms with Crippen LogP contribution in [0.2, 0.25) is 0 Å². The second-order valence-corrected chi connectivity index (χ2v) is 8.44. The van der Waals surface area contributed by atoms with Crippen LogP contribution in [0.5, 0.6) is 0 Å². The van der Waals surface area contributed by atoms with Crippen molar-refractivity contribution in [1.29, 1.82) is 0 Å². The van der Waals surface area contributed by atoms with E-state index in [9.17, 15) is 4.79 Å². The number of nitrogens with zero attached hydrogens (tertiary/aromatic N) is 3. The van der Waals surface area contributed by atoms with E-state index in [-0.39, 0.29) is 54.5 Å². The monoisotopic (exact) mass is 465 g/mol. The summed E-state index contributed by atoms with van der Waals surface area (Å²) in [5.74, 6) is 1.01. The summed E-state index contributed by atoms with van der Waals surface area (Å²) in [5.41, 5.74) is 1.42. The lowest BCUT2D eigenvalue weighted by molar-refractivity contribution is -0.118. The highest BCUT2D eigenvalue weighted by molar-refractivity contribution is 5.94. The fraction of sp³-hybridized carbons (Fsp3) is 0.700. The van der Waals surface area contributed by atoms with Gasteiger partial charge in [-0.05, 0) is 76.8 Å². The molecule has 9 heteroatoms. The van der Waals surface area contributed by atoms with Crippen LogP contribution in [0.15, 0.2) is 18.3 Å². The van der Waals surface area contributed by atoms with E-state index in [4.69, 9.17) is 0 Å². The number of aromatic nitrogens is 1. The SMILES string of the molecule is CN(C)C1CCN(c2ccc(NC(=O)C3CC34CCNCC4)nc2)CC1.Cl.Cl.Cl. The smallest absolute Gasteiger partial charge is 0.229 e. The number of halogens is 3. The van der Waals surface area contributed by atoms with Crippen molar-refractivity contribution in [2.24, 2.45) is 11.3 Å². The molecule has 1 spiro atoms. The minimum atomic E-state index is 0. The molecule has 1 unspecified atom stereocenters. The Labute approximate surface area is 192 Å². The van der Waals surface area contributed by atoms with Crippen molar-refractivity contribution in [3.8, 4) is 0 Å². The van der Waals surface area contributed by atoms with E-state index < -0.39 is 0 Å². The van der Waals surface area contributed by atoms with Crippen molar-refractivity contribution in [2.45, 2.75) is 38.1 Å². The van der Waals surface area contributed by atoms with Gasteiger partial charge in [0, 0.05) is 25.0 Å². The summed E-state index contributed by atoms with van der Waals surface area (Å²) in [4.78, 5) is 21.8. The molecule has 2 N–H and O–H groups in total. The fourth-order valence-electron chi connectivity index (χ4n) is 4.70. The predicted molar refractivity (Wildman–Crippen MR) is 126 cm³/mol. The lowest BCUT2D eigenvalue weighted by Gasteiger charge is -2.36. The Morgan fingerprint density at radius 1 is 1.17 bits per heavy atom. The number of amides is 1. The minimum absolute atomic E-state index is 0. The maximum Gasteiger partial charge on any atom is 0.229 e. The first-order chi connectivity index (χ1) is 12.6. The summed E-state index contributed by atoms with van der Waals surface area (Å²) in [6.07, 6.45) is 7.56. The standard InChI is InChI=1S/C20H31N5O.3ClH/c1-24(2)15-5-11-25(12-6-15)16-3-4-18(22-14-16)23-19(26)17-13-20(17)7-9-21-10-8-20;;;/h3-4,14-15,17,21H,5-13H2,1-2H3,(H,22,23,26);3*1H. The van der Waals surface area contributed by atoms with Gasteiger partial charge in [-0.15, -0.1) is 37.2 Å². The average molecular weight is 467 g/mol. The van der Waals surface area contributed by atoms with E-state index in [1.165, 1.54) is 12.8 Å². The van der Waals surface area contributed by atoms with Crippen LogP contribution in [0.1, 0.15) is 32.1 Å². The second-order valence-electron chi connectivity index (χ2n) is 8.44. The highest BCUT2D eigenvalue weighted by Gasteiger charge is 2.57. The van der Waals surface area contributed by atoms with Gasteiger partial charge in [-0.2, -0.15) is 0 Å². The van der Waals surface area contributed by atoms with Crippen molar-refractivity contribution in [2.75, 3.05) is 50.5 Å². The van der Waals surface area contributed by atoms with Crippen LogP contribution in [0.4, 0.5) is 11.5 Å². The summed E-state index contributed by atoms with van der Waals surface area (Å²) in [6, 6.07) is 4.72. The Kier molecular flexibility index (Phi) is 9.96. The number of hydrogen-bond acceptors (Lipinski definition) is 5. The van der Waals surface area contributed by atoms with Crippen molar-refractivity contribution >= 4 is 54.6 Å². The maximum absolute atomic E-state index is 12.5.